The number of hydrogen-bond donors (Lipinski definition) is 1. The normalized spacial score (nSPS) is 12.5. The first kappa shape index (κ1) is 14.1. The number of ether oxygens (including phenoxy) is 1. The molecule has 0 aliphatic rings. The highest BCUT2D eigenvalue weighted by molar-refractivity contribution is 9.10. The van der Waals surface area contributed by atoms with E-state index in [9.17, 15) is 0 Å². The number of aromatic nitrogens is 2. The van der Waals surface area contributed by atoms with Crippen molar-refractivity contribution in [2.75, 3.05) is 14.2 Å². The van der Waals surface area contributed by atoms with E-state index >= 15 is 0 Å². The van der Waals surface area contributed by atoms with Crippen LogP contribution >= 0.6 is 15.9 Å². The Balaban J connectivity index is 2.56. The lowest BCUT2D eigenvalue weighted by Crippen LogP contribution is -2.22. The van der Waals surface area contributed by atoms with Crippen LogP contribution in [0.3, 0.4) is 0 Å². The van der Waals surface area contributed by atoms with Gasteiger partial charge in [0.1, 0.15) is 5.69 Å². The SMILES string of the molecule is CNC(c1cc(Br)ccc1C)c1c(OC)cnn1C. The molecule has 0 saturated heterocycles. The molecule has 0 bridgehead atoms. The Labute approximate surface area is 121 Å². The van der Waals surface area contributed by atoms with Gasteiger partial charge in [-0.3, -0.25) is 4.68 Å². The second kappa shape index (κ2) is 5.75. The zero-order chi connectivity index (χ0) is 14.0. The van der Waals surface area contributed by atoms with Crippen LogP contribution < -0.4 is 10.1 Å². The van der Waals surface area contributed by atoms with Crippen molar-refractivity contribution in [3.8, 4) is 5.75 Å². The fourth-order valence-electron chi connectivity index (χ4n) is 2.28. The van der Waals surface area contributed by atoms with Crippen molar-refractivity contribution in [3.63, 3.8) is 0 Å². The molecule has 0 amide bonds. The second-order valence-corrected chi connectivity index (χ2v) is 5.36. The summed E-state index contributed by atoms with van der Waals surface area (Å²) in [4.78, 5) is 0. The minimum atomic E-state index is 0.0416. The minimum absolute atomic E-state index is 0.0416. The summed E-state index contributed by atoms with van der Waals surface area (Å²) in [6, 6.07) is 6.32. The summed E-state index contributed by atoms with van der Waals surface area (Å²) in [7, 11) is 5.54. The molecule has 1 unspecified atom stereocenters. The average molecular weight is 324 g/mol. The lowest BCUT2D eigenvalue weighted by Gasteiger charge is -2.20. The maximum absolute atomic E-state index is 5.41. The van der Waals surface area contributed by atoms with Crippen molar-refractivity contribution < 1.29 is 4.74 Å². The highest BCUT2D eigenvalue weighted by atomic mass is 79.9. The van der Waals surface area contributed by atoms with Gasteiger partial charge in [-0.2, -0.15) is 5.10 Å². The van der Waals surface area contributed by atoms with Crippen molar-refractivity contribution >= 4 is 15.9 Å². The van der Waals surface area contributed by atoms with Gasteiger partial charge in [-0.05, 0) is 37.2 Å². The van der Waals surface area contributed by atoms with Crippen LogP contribution in [0.15, 0.2) is 28.9 Å². The maximum atomic E-state index is 5.41. The van der Waals surface area contributed by atoms with Gasteiger partial charge >= 0.3 is 0 Å². The summed E-state index contributed by atoms with van der Waals surface area (Å²) in [6.07, 6.45) is 1.74. The number of nitrogens with zero attached hydrogens (tertiary/aromatic N) is 2. The van der Waals surface area contributed by atoms with Gasteiger partial charge in [0.05, 0.1) is 19.3 Å². The van der Waals surface area contributed by atoms with E-state index in [-0.39, 0.29) is 6.04 Å². The monoisotopic (exact) mass is 323 g/mol. The molecule has 5 heteroatoms. The average Bonchev–Trinajstić information content (AvgIpc) is 2.76. The number of benzene rings is 1. The van der Waals surface area contributed by atoms with E-state index in [4.69, 9.17) is 4.74 Å². The number of aryl methyl sites for hydroxylation is 2. The zero-order valence-corrected chi connectivity index (χ0v) is 13.2. The van der Waals surface area contributed by atoms with E-state index in [0.717, 1.165) is 15.9 Å². The molecule has 1 aromatic carbocycles. The highest BCUT2D eigenvalue weighted by Gasteiger charge is 2.22. The van der Waals surface area contributed by atoms with E-state index in [1.165, 1.54) is 11.1 Å². The molecule has 0 saturated carbocycles. The number of hydrogen-bond acceptors (Lipinski definition) is 3. The van der Waals surface area contributed by atoms with Crippen LogP contribution in [-0.2, 0) is 7.05 Å². The Morgan fingerprint density at radius 3 is 2.79 bits per heavy atom. The van der Waals surface area contributed by atoms with Crippen molar-refractivity contribution in [2.24, 2.45) is 7.05 Å². The van der Waals surface area contributed by atoms with Crippen LogP contribution in [-0.4, -0.2) is 23.9 Å². The molecule has 102 valence electrons. The summed E-state index contributed by atoms with van der Waals surface area (Å²) in [6.45, 7) is 2.11. The molecule has 2 rings (SSSR count). The number of methoxy groups -OCH3 is 1. The topological polar surface area (TPSA) is 39.1 Å². The molecule has 1 atom stereocenters. The number of rotatable bonds is 4. The molecule has 19 heavy (non-hydrogen) atoms. The second-order valence-electron chi connectivity index (χ2n) is 4.44. The Hall–Kier alpha value is -1.33. The molecular formula is C14H18BrN3O. The Bertz CT molecular complexity index is 580. The first-order valence-corrected chi connectivity index (χ1v) is 6.87. The van der Waals surface area contributed by atoms with Gasteiger partial charge in [0.2, 0.25) is 0 Å². The van der Waals surface area contributed by atoms with Crippen molar-refractivity contribution in [3.05, 3.63) is 45.7 Å². The summed E-state index contributed by atoms with van der Waals surface area (Å²) in [5, 5.41) is 7.62. The van der Waals surface area contributed by atoms with Crippen molar-refractivity contribution in [1.29, 1.82) is 0 Å². The van der Waals surface area contributed by atoms with Crippen LogP contribution in [0.5, 0.6) is 5.75 Å². The number of halogens is 1. The van der Waals surface area contributed by atoms with Gasteiger partial charge in [0, 0.05) is 11.5 Å². The summed E-state index contributed by atoms with van der Waals surface area (Å²) < 4.78 is 8.32. The molecule has 1 heterocycles. The van der Waals surface area contributed by atoms with Crippen LogP contribution in [0.2, 0.25) is 0 Å². The predicted octanol–water partition coefficient (Wildman–Crippen LogP) is 2.81. The summed E-state index contributed by atoms with van der Waals surface area (Å²) in [5.41, 5.74) is 3.45. The third kappa shape index (κ3) is 2.67. The summed E-state index contributed by atoms with van der Waals surface area (Å²) in [5.74, 6) is 0.793. The van der Waals surface area contributed by atoms with E-state index in [1.807, 2.05) is 24.8 Å². The molecule has 0 spiro atoms. The first-order valence-electron chi connectivity index (χ1n) is 6.07. The molecule has 0 radical (unpaired) electrons. The fourth-order valence-corrected chi connectivity index (χ4v) is 2.65. The third-order valence-electron chi connectivity index (χ3n) is 3.28. The predicted molar refractivity (Wildman–Crippen MR) is 79.5 cm³/mol. The number of nitrogens with one attached hydrogen (secondary N) is 1. The van der Waals surface area contributed by atoms with E-state index < -0.39 is 0 Å². The van der Waals surface area contributed by atoms with E-state index in [0.29, 0.717) is 0 Å². The molecule has 0 fully saturated rings. The van der Waals surface area contributed by atoms with Gasteiger partial charge < -0.3 is 10.1 Å². The lowest BCUT2D eigenvalue weighted by molar-refractivity contribution is 0.402. The van der Waals surface area contributed by atoms with E-state index in [2.05, 4.69) is 45.4 Å². The largest absolute Gasteiger partial charge is 0.493 e. The molecule has 0 aliphatic carbocycles. The van der Waals surface area contributed by atoms with Crippen LogP contribution in [0.1, 0.15) is 22.9 Å². The molecule has 2 aromatic rings. The Morgan fingerprint density at radius 1 is 1.42 bits per heavy atom. The lowest BCUT2D eigenvalue weighted by atomic mass is 9.98. The maximum Gasteiger partial charge on any atom is 0.161 e. The van der Waals surface area contributed by atoms with Crippen LogP contribution in [0, 0.1) is 6.92 Å². The smallest absolute Gasteiger partial charge is 0.161 e. The molecule has 1 aromatic heterocycles. The zero-order valence-electron chi connectivity index (χ0n) is 11.6. The molecule has 1 N–H and O–H groups in total. The van der Waals surface area contributed by atoms with E-state index in [1.54, 1.807) is 13.3 Å². The van der Waals surface area contributed by atoms with Gasteiger partial charge in [0.15, 0.2) is 5.75 Å². The van der Waals surface area contributed by atoms with Crippen molar-refractivity contribution in [1.82, 2.24) is 15.1 Å². The first-order chi connectivity index (χ1) is 9.08. The standard InChI is InChI=1S/C14H18BrN3O/c1-9-5-6-10(15)7-11(9)13(16-2)14-12(19-4)8-17-18(14)3/h5-8,13,16H,1-4H3. The fraction of sp³-hybridized carbons (Fsp3) is 0.357. The highest BCUT2D eigenvalue weighted by Crippen LogP contribution is 2.32. The molecule has 4 nitrogen and oxygen atoms in total. The summed E-state index contributed by atoms with van der Waals surface area (Å²) >= 11 is 3.53. The Morgan fingerprint density at radius 2 is 2.16 bits per heavy atom. The molecular weight excluding hydrogens is 306 g/mol. The van der Waals surface area contributed by atoms with Gasteiger partial charge in [0.25, 0.3) is 0 Å². The van der Waals surface area contributed by atoms with Gasteiger partial charge in [-0.15, -0.1) is 0 Å². The van der Waals surface area contributed by atoms with Gasteiger partial charge in [-0.25, -0.2) is 0 Å². The van der Waals surface area contributed by atoms with Crippen LogP contribution in [0.25, 0.3) is 0 Å². The Kier molecular flexibility index (Phi) is 4.27. The van der Waals surface area contributed by atoms with Crippen molar-refractivity contribution in [2.45, 2.75) is 13.0 Å². The quantitative estimate of drug-likeness (QED) is 0.940. The third-order valence-corrected chi connectivity index (χ3v) is 3.78. The minimum Gasteiger partial charge on any atom is -0.493 e. The van der Waals surface area contributed by atoms with Gasteiger partial charge in [-0.1, -0.05) is 22.0 Å². The molecule has 0 aliphatic heterocycles. The van der Waals surface area contributed by atoms with Crippen LogP contribution in [0.4, 0.5) is 0 Å².